The van der Waals surface area contributed by atoms with Gasteiger partial charge in [-0.15, -0.1) is 0 Å². The molecule has 2 N–H and O–H groups in total. The first-order valence-corrected chi connectivity index (χ1v) is 5.64. The van der Waals surface area contributed by atoms with Crippen molar-refractivity contribution in [2.24, 2.45) is 0 Å². The molecule has 0 bridgehead atoms. The lowest BCUT2D eigenvalue weighted by molar-refractivity contribution is -0.138. The van der Waals surface area contributed by atoms with Gasteiger partial charge in [0.15, 0.2) is 0 Å². The molecule has 0 aliphatic rings. The molecule has 0 unspecified atom stereocenters. The SMILES string of the molecule is CNc1ccc(F)cc1N/C(=C/C(=O)OC)C(=O)OC. The lowest BCUT2D eigenvalue weighted by Crippen LogP contribution is -2.16. The van der Waals surface area contributed by atoms with Crippen molar-refractivity contribution in [2.75, 3.05) is 31.9 Å². The number of carbonyl (C=O) groups is 2. The van der Waals surface area contributed by atoms with Crippen LogP contribution in [0.25, 0.3) is 0 Å². The number of hydrogen-bond acceptors (Lipinski definition) is 6. The molecule has 0 aliphatic carbocycles. The maximum Gasteiger partial charge on any atom is 0.354 e. The fourth-order valence-corrected chi connectivity index (χ4v) is 1.42. The molecule has 0 saturated heterocycles. The highest BCUT2D eigenvalue weighted by Gasteiger charge is 2.14. The quantitative estimate of drug-likeness (QED) is 0.629. The van der Waals surface area contributed by atoms with Crippen molar-refractivity contribution < 1.29 is 23.5 Å². The van der Waals surface area contributed by atoms with Gasteiger partial charge in [-0.1, -0.05) is 0 Å². The van der Waals surface area contributed by atoms with Crippen molar-refractivity contribution in [3.8, 4) is 0 Å². The second-order valence-electron chi connectivity index (χ2n) is 3.64. The lowest BCUT2D eigenvalue weighted by Gasteiger charge is -2.13. The van der Waals surface area contributed by atoms with Gasteiger partial charge in [-0.3, -0.25) is 0 Å². The Kier molecular flexibility index (Phi) is 5.52. The van der Waals surface area contributed by atoms with Crippen LogP contribution in [0, 0.1) is 5.82 Å². The van der Waals surface area contributed by atoms with Crippen LogP contribution in [0.3, 0.4) is 0 Å². The summed E-state index contributed by atoms with van der Waals surface area (Å²) in [7, 11) is 3.98. The zero-order valence-corrected chi connectivity index (χ0v) is 11.3. The number of benzene rings is 1. The fraction of sp³-hybridized carbons (Fsp3) is 0.231. The van der Waals surface area contributed by atoms with E-state index in [0.717, 1.165) is 6.08 Å². The molecule has 0 atom stereocenters. The molecule has 0 aliphatic heterocycles. The number of carbonyl (C=O) groups excluding carboxylic acids is 2. The van der Waals surface area contributed by atoms with Crippen molar-refractivity contribution >= 4 is 23.3 Å². The van der Waals surface area contributed by atoms with E-state index in [1.165, 1.54) is 32.4 Å². The molecule has 0 aromatic heterocycles. The topological polar surface area (TPSA) is 76.7 Å². The number of halogens is 1. The van der Waals surface area contributed by atoms with Crippen LogP contribution < -0.4 is 10.6 Å². The van der Waals surface area contributed by atoms with E-state index in [1.807, 2.05) is 0 Å². The fourth-order valence-electron chi connectivity index (χ4n) is 1.42. The number of rotatable bonds is 5. The van der Waals surface area contributed by atoms with Crippen LogP contribution in [0.2, 0.25) is 0 Å². The van der Waals surface area contributed by atoms with Crippen LogP contribution in [0.15, 0.2) is 30.0 Å². The van der Waals surface area contributed by atoms with E-state index in [1.54, 1.807) is 7.05 Å². The molecule has 6 nitrogen and oxygen atoms in total. The summed E-state index contributed by atoms with van der Waals surface area (Å²) in [6.45, 7) is 0. The van der Waals surface area contributed by atoms with Gasteiger partial charge in [0.25, 0.3) is 0 Å². The molecule has 108 valence electrons. The molecule has 7 heteroatoms. The highest BCUT2D eigenvalue weighted by atomic mass is 19.1. The number of methoxy groups -OCH3 is 2. The molecule has 20 heavy (non-hydrogen) atoms. The normalized spacial score (nSPS) is 10.7. The van der Waals surface area contributed by atoms with Crippen LogP contribution in [-0.2, 0) is 19.1 Å². The van der Waals surface area contributed by atoms with E-state index >= 15 is 0 Å². The number of anilines is 2. The van der Waals surface area contributed by atoms with E-state index in [0.29, 0.717) is 5.69 Å². The zero-order chi connectivity index (χ0) is 15.1. The third-order valence-corrected chi connectivity index (χ3v) is 2.39. The van der Waals surface area contributed by atoms with Gasteiger partial charge in [-0.2, -0.15) is 0 Å². The van der Waals surface area contributed by atoms with Crippen molar-refractivity contribution in [2.45, 2.75) is 0 Å². The predicted molar refractivity (Wildman–Crippen MR) is 71.7 cm³/mol. The second-order valence-corrected chi connectivity index (χ2v) is 3.64. The average molecular weight is 282 g/mol. The minimum atomic E-state index is -0.776. The first-order chi connectivity index (χ1) is 9.51. The molecule has 0 saturated carbocycles. The largest absolute Gasteiger partial charge is 0.466 e. The molecular formula is C13H15FN2O4. The summed E-state index contributed by atoms with van der Waals surface area (Å²) in [4.78, 5) is 22.8. The van der Waals surface area contributed by atoms with E-state index in [2.05, 4.69) is 20.1 Å². The lowest BCUT2D eigenvalue weighted by atomic mass is 10.2. The molecule has 0 spiro atoms. The van der Waals surface area contributed by atoms with E-state index in [4.69, 9.17) is 0 Å². The molecule has 1 aromatic rings. The number of nitrogens with one attached hydrogen (secondary N) is 2. The van der Waals surface area contributed by atoms with Crippen molar-refractivity contribution in [1.82, 2.24) is 0 Å². The molecule has 1 aromatic carbocycles. The van der Waals surface area contributed by atoms with Gasteiger partial charge < -0.3 is 20.1 Å². The smallest absolute Gasteiger partial charge is 0.354 e. The number of esters is 2. The Bertz CT molecular complexity index is 543. The van der Waals surface area contributed by atoms with Gasteiger partial charge in [0.2, 0.25) is 0 Å². The minimum Gasteiger partial charge on any atom is -0.466 e. The molecule has 1 rings (SSSR count). The number of hydrogen-bond donors (Lipinski definition) is 2. The van der Waals surface area contributed by atoms with Crippen LogP contribution >= 0.6 is 0 Å². The highest BCUT2D eigenvalue weighted by molar-refractivity contribution is 5.99. The second kappa shape index (κ2) is 7.13. The van der Waals surface area contributed by atoms with Gasteiger partial charge in [-0.05, 0) is 18.2 Å². The summed E-state index contributed by atoms with van der Waals surface area (Å²) in [6, 6.07) is 3.93. The van der Waals surface area contributed by atoms with Gasteiger partial charge in [0, 0.05) is 7.05 Å². The Balaban J connectivity index is 3.13. The molecule has 0 amide bonds. The standard InChI is InChI=1S/C13H15FN2O4/c1-15-9-5-4-8(14)6-10(9)16-11(13(18)20-3)7-12(17)19-2/h4-7,15-16H,1-3H3/b11-7+. The summed E-state index contributed by atoms with van der Waals surface area (Å²) < 4.78 is 22.2. The molecule has 0 fully saturated rings. The Morgan fingerprint density at radius 3 is 2.45 bits per heavy atom. The summed E-state index contributed by atoms with van der Waals surface area (Å²) in [6.07, 6.45) is 0.927. The maximum atomic E-state index is 13.3. The maximum absolute atomic E-state index is 13.3. The molecule has 0 radical (unpaired) electrons. The van der Waals surface area contributed by atoms with Gasteiger partial charge in [0.1, 0.15) is 11.5 Å². The van der Waals surface area contributed by atoms with Crippen molar-refractivity contribution in [3.05, 3.63) is 35.8 Å². The Labute approximate surface area is 115 Å². The van der Waals surface area contributed by atoms with E-state index in [9.17, 15) is 14.0 Å². The monoisotopic (exact) mass is 282 g/mol. The average Bonchev–Trinajstić information content (AvgIpc) is 2.45. The summed E-state index contributed by atoms with van der Waals surface area (Å²) >= 11 is 0. The Morgan fingerprint density at radius 1 is 1.20 bits per heavy atom. The predicted octanol–water partition coefficient (Wildman–Crippen LogP) is 1.51. The number of ether oxygens (including phenoxy) is 2. The molecular weight excluding hydrogens is 267 g/mol. The third-order valence-electron chi connectivity index (χ3n) is 2.39. The molecule has 0 heterocycles. The summed E-state index contributed by atoms with van der Waals surface area (Å²) in [5.41, 5.74) is 0.667. The highest BCUT2D eigenvalue weighted by Crippen LogP contribution is 2.24. The summed E-state index contributed by atoms with van der Waals surface area (Å²) in [5.74, 6) is -2.00. The first-order valence-electron chi connectivity index (χ1n) is 5.64. The van der Waals surface area contributed by atoms with Gasteiger partial charge in [0.05, 0.1) is 31.7 Å². The Hall–Kier alpha value is -2.57. The summed E-state index contributed by atoms with van der Waals surface area (Å²) in [5, 5.41) is 5.47. The van der Waals surface area contributed by atoms with Crippen molar-refractivity contribution in [3.63, 3.8) is 0 Å². The van der Waals surface area contributed by atoms with Gasteiger partial charge >= 0.3 is 11.9 Å². The van der Waals surface area contributed by atoms with Gasteiger partial charge in [-0.25, -0.2) is 14.0 Å². The van der Waals surface area contributed by atoms with E-state index < -0.39 is 17.8 Å². The third kappa shape index (κ3) is 3.98. The van der Waals surface area contributed by atoms with E-state index in [-0.39, 0.29) is 11.4 Å². The van der Waals surface area contributed by atoms with Crippen LogP contribution in [0.5, 0.6) is 0 Å². The van der Waals surface area contributed by atoms with Crippen LogP contribution in [0.4, 0.5) is 15.8 Å². The zero-order valence-electron chi connectivity index (χ0n) is 11.3. The van der Waals surface area contributed by atoms with Crippen LogP contribution in [0.1, 0.15) is 0 Å². The Morgan fingerprint density at radius 2 is 1.90 bits per heavy atom. The minimum absolute atomic E-state index is 0.165. The van der Waals surface area contributed by atoms with Crippen LogP contribution in [-0.4, -0.2) is 33.2 Å². The van der Waals surface area contributed by atoms with Crippen molar-refractivity contribution in [1.29, 1.82) is 0 Å². The first kappa shape index (κ1) is 15.5.